The van der Waals surface area contributed by atoms with Crippen LogP contribution >= 0.6 is 0 Å². The van der Waals surface area contributed by atoms with Crippen LogP contribution in [0.1, 0.15) is 34.1 Å². The maximum atomic E-state index is 12.8. The molecular formula is C15H25N3O2S. The average Bonchev–Trinajstić information content (AvgIpc) is 2.90. The number of pyridine rings is 1. The summed E-state index contributed by atoms with van der Waals surface area (Å²) in [5, 5.41) is 3.10. The molecule has 6 heteroatoms. The highest BCUT2D eigenvalue weighted by atomic mass is 32.2. The van der Waals surface area contributed by atoms with Crippen molar-refractivity contribution in [2.24, 2.45) is 11.3 Å². The minimum absolute atomic E-state index is 0.129. The van der Waals surface area contributed by atoms with Crippen molar-refractivity contribution in [2.45, 2.75) is 39.0 Å². The molecule has 0 spiro atoms. The van der Waals surface area contributed by atoms with Gasteiger partial charge in [0.1, 0.15) is 4.90 Å². The molecule has 1 N–H and O–H groups in total. The van der Waals surface area contributed by atoms with Gasteiger partial charge in [0.15, 0.2) is 0 Å². The molecule has 21 heavy (non-hydrogen) atoms. The maximum absolute atomic E-state index is 12.8. The largest absolute Gasteiger partial charge is 0.384 e. The molecule has 0 saturated carbocycles. The van der Waals surface area contributed by atoms with Crippen LogP contribution in [-0.4, -0.2) is 37.3 Å². The highest BCUT2D eigenvalue weighted by molar-refractivity contribution is 7.89. The Hall–Kier alpha value is -1.14. The number of nitrogens with one attached hydrogen (secondary N) is 1. The van der Waals surface area contributed by atoms with Gasteiger partial charge in [-0.3, -0.25) is 4.98 Å². The second kappa shape index (κ2) is 5.93. The molecule has 2 rings (SSSR count). The highest BCUT2D eigenvalue weighted by Crippen LogP contribution is 2.36. The Morgan fingerprint density at radius 2 is 2.14 bits per heavy atom. The molecular weight excluding hydrogens is 286 g/mol. The van der Waals surface area contributed by atoms with E-state index >= 15 is 0 Å². The average molecular weight is 311 g/mol. The summed E-state index contributed by atoms with van der Waals surface area (Å²) in [4.78, 5) is 4.27. The SMILES string of the molecule is CCNc1ccncc1S(=O)(=O)N1CCC(C(C)(C)C)C1. The number of sulfonamides is 1. The van der Waals surface area contributed by atoms with Gasteiger partial charge < -0.3 is 5.32 Å². The van der Waals surface area contributed by atoms with Crippen molar-refractivity contribution in [3.63, 3.8) is 0 Å². The minimum Gasteiger partial charge on any atom is -0.384 e. The van der Waals surface area contributed by atoms with Crippen LogP contribution in [0.4, 0.5) is 5.69 Å². The highest BCUT2D eigenvalue weighted by Gasteiger charge is 2.38. The van der Waals surface area contributed by atoms with Crippen molar-refractivity contribution >= 4 is 15.7 Å². The van der Waals surface area contributed by atoms with Crippen LogP contribution in [0.2, 0.25) is 0 Å². The van der Waals surface area contributed by atoms with Gasteiger partial charge in [0, 0.05) is 32.0 Å². The lowest BCUT2D eigenvalue weighted by Crippen LogP contribution is -2.31. The van der Waals surface area contributed by atoms with Gasteiger partial charge in [0.05, 0.1) is 5.69 Å². The van der Waals surface area contributed by atoms with Gasteiger partial charge in [-0.25, -0.2) is 8.42 Å². The normalized spacial score (nSPS) is 20.7. The summed E-state index contributed by atoms with van der Waals surface area (Å²) in [6.45, 7) is 10.3. The first-order chi connectivity index (χ1) is 9.76. The van der Waals surface area contributed by atoms with E-state index in [0.29, 0.717) is 31.2 Å². The maximum Gasteiger partial charge on any atom is 0.246 e. The summed E-state index contributed by atoms with van der Waals surface area (Å²) >= 11 is 0. The van der Waals surface area contributed by atoms with Crippen molar-refractivity contribution in [3.05, 3.63) is 18.5 Å². The number of hydrogen-bond acceptors (Lipinski definition) is 4. The number of aromatic nitrogens is 1. The lowest BCUT2D eigenvalue weighted by molar-refractivity contribution is 0.252. The van der Waals surface area contributed by atoms with Crippen molar-refractivity contribution in [2.75, 3.05) is 25.0 Å². The van der Waals surface area contributed by atoms with Crippen molar-refractivity contribution in [1.29, 1.82) is 0 Å². The van der Waals surface area contributed by atoms with Crippen LogP contribution in [0.15, 0.2) is 23.4 Å². The first-order valence-corrected chi connectivity index (χ1v) is 8.89. The zero-order chi connectivity index (χ0) is 15.7. The summed E-state index contributed by atoms with van der Waals surface area (Å²) < 4.78 is 27.3. The van der Waals surface area contributed by atoms with E-state index in [-0.39, 0.29) is 10.3 Å². The fourth-order valence-electron chi connectivity index (χ4n) is 2.71. The smallest absolute Gasteiger partial charge is 0.246 e. The second-order valence-electron chi connectivity index (χ2n) is 6.62. The summed E-state index contributed by atoms with van der Waals surface area (Å²) in [5.74, 6) is 0.395. The molecule has 1 aliphatic heterocycles. The number of rotatable bonds is 4. The number of hydrogen-bond donors (Lipinski definition) is 1. The van der Waals surface area contributed by atoms with E-state index in [4.69, 9.17) is 0 Å². The van der Waals surface area contributed by atoms with E-state index < -0.39 is 10.0 Å². The Morgan fingerprint density at radius 1 is 1.43 bits per heavy atom. The molecule has 1 atom stereocenters. The van der Waals surface area contributed by atoms with Crippen LogP contribution in [0.25, 0.3) is 0 Å². The predicted octanol–water partition coefficient (Wildman–Crippen LogP) is 2.57. The van der Waals surface area contributed by atoms with Gasteiger partial charge >= 0.3 is 0 Å². The van der Waals surface area contributed by atoms with Crippen LogP contribution in [-0.2, 0) is 10.0 Å². The topological polar surface area (TPSA) is 62.3 Å². The summed E-state index contributed by atoms with van der Waals surface area (Å²) in [5.41, 5.74) is 0.760. The molecule has 1 aromatic heterocycles. The van der Waals surface area contributed by atoms with Crippen molar-refractivity contribution in [3.8, 4) is 0 Å². The monoisotopic (exact) mass is 311 g/mol. The van der Waals surface area contributed by atoms with Crippen molar-refractivity contribution < 1.29 is 8.42 Å². The molecule has 0 aliphatic carbocycles. The standard InChI is InChI=1S/C15H25N3O2S/c1-5-17-13-6-8-16-10-14(13)21(19,20)18-9-7-12(11-18)15(2,3)4/h6,8,10,12H,5,7,9,11H2,1-4H3,(H,16,17). The van der Waals surface area contributed by atoms with Crippen molar-refractivity contribution in [1.82, 2.24) is 9.29 Å². The van der Waals surface area contributed by atoms with Gasteiger partial charge in [0.25, 0.3) is 0 Å². The van der Waals surface area contributed by atoms with Crippen LogP contribution in [0, 0.1) is 11.3 Å². The van der Waals surface area contributed by atoms with Gasteiger partial charge in [-0.05, 0) is 30.7 Å². The van der Waals surface area contributed by atoms with E-state index in [1.165, 1.54) is 6.20 Å². The first-order valence-electron chi connectivity index (χ1n) is 7.45. The zero-order valence-electron chi connectivity index (χ0n) is 13.3. The lowest BCUT2D eigenvalue weighted by atomic mass is 9.80. The quantitative estimate of drug-likeness (QED) is 0.928. The number of anilines is 1. The molecule has 1 aromatic rings. The molecule has 118 valence electrons. The Labute approximate surface area is 127 Å². The third-order valence-electron chi connectivity index (χ3n) is 4.15. The van der Waals surface area contributed by atoms with E-state index in [1.807, 2.05) is 6.92 Å². The Balaban J connectivity index is 2.28. The summed E-state index contributed by atoms with van der Waals surface area (Å²) in [7, 11) is -3.48. The van der Waals surface area contributed by atoms with Crippen LogP contribution in [0.5, 0.6) is 0 Å². The zero-order valence-corrected chi connectivity index (χ0v) is 14.1. The fraction of sp³-hybridized carbons (Fsp3) is 0.667. The van der Waals surface area contributed by atoms with Gasteiger partial charge in [-0.2, -0.15) is 4.31 Å². The summed E-state index contributed by atoms with van der Waals surface area (Å²) in [6, 6.07) is 1.72. The molecule has 0 aromatic carbocycles. The predicted molar refractivity (Wildman–Crippen MR) is 84.7 cm³/mol. The van der Waals surface area contributed by atoms with Crippen LogP contribution in [0.3, 0.4) is 0 Å². The Kier molecular flexibility index (Phi) is 4.58. The second-order valence-corrected chi connectivity index (χ2v) is 8.52. The van der Waals surface area contributed by atoms with Gasteiger partial charge in [-0.15, -0.1) is 0 Å². The van der Waals surface area contributed by atoms with Gasteiger partial charge in [-0.1, -0.05) is 20.8 Å². The Morgan fingerprint density at radius 3 is 2.71 bits per heavy atom. The third-order valence-corrected chi connectivity index (χ3v) is 6.04. The minimum atomic E-state index is -3.48. The van der Waals surface area contributed by atoms with Gasteiger partial charge in [0.2, 0.25) is 10.0 Å². The lowest BCUT2D eigenvalue weighted by Gasteiger charge is -2.27. The molecule has 5 nitrogen and oxygen atoms in total. The molecule has 1 saturated heterocycles. The number of nitrogens with zero attached hydrogens (tertiary/aromatic N) is 2. The fourth-order valence-corrected chi connectivity index (χ4v) is 4.33. The molecule has 1 aliphatic rings. The van der Waals surface area contributed by atoms with E-state index in [0.717, 1.165) is 6.42 Å². The molecule has 1 unspecified atom stereocenters. The van der Waals surface area contributed by atoms with Crippen LogP contribution < -0.4 is 5.32 Å². The molecule has 1 fully saturated rings. The molecule has 2 heterocycles. The molecule has 0 bridgehead atoms. The summed E-state index contributed by atoms with van der Waals surface area (Å²) in [6.07, 6.45) is 3.97. The third kappa shape index (κ3) is 3.37. The molecule has 0 radical (unpaired) electrons. The van der Waals surface area contributed by atoms with E-state index in [9.17, 15) is 8.42 Å². The Bertz CT molecular complexity index is 593. The van der Waals surface area contributed by atoms with E-state index in [1.54, 1.807) is 16.6 Å². The van der Waals surface area contributed by atoms with E-state index in [2.05, 4.69) is 31.1 Å². The first kappa shape index (κ1) is 16.2. The molecule has 0 amide bonds.